The number of nitrogens with two attached hydrogens (primary N) is 2. The molecule has 0 aliphatic rings. The van der Waals surface area contributed by atoms with Crippen molar-refractivity contribution in [3.8, 4) is 0 Å². The molecule has 0 aliphatic carbocycles. The van der Waals surface area contributed by atoms with Crippen LogP contribution < -0.4 is 11.5 Å². The summed E-state index contributed by atoms with van der Waals surface area (Å²) in [6.45, 7) is 1.91. The van der Waals surface area contributed by atoms with Crippen molar-refractivity contribution in [2.75, 3.05) is 19.3 Å². The van der Waals surface area contributed by atoms with E-state index in [1.165, 1.54) is 19.3 Å². The van der Waals surface area contributed by atoms with Crippen LogP contribution in [0.2, 0.25) is 5.02 Å². The Labute approximate surface area is 118 Å². The highest BCUT2D eigenvalue weighted by molar-refractivity contribution is 7.89. The number of nitrogen functional groups attached to an aromatic ring is 1. The lowest BCUT2D eigenvalue weighted by Crippen LogP contribution is -2.39. The summed E-state index contributed by atoms with van der Waals surface area (Å²) in [5.74, 6) is -0.0783. The first kappa shape index (κ1) is 17.4. The van der Waals surface area contributed by atoms with Gasteiger partial charge in [0.25, 0.3) is 0 Å². The van der Waals surface area contributed by atoms with Gasteiger partial charge in [-0.25, -0.2) is 13.4 Å². The quantitative estimate of drug-likeness (QED) is 0.852. The van der Waals surface area contributed by atoms with E-state index in [9.17, 15) is 8.42 Å². The van der Waals surface area contributed by atoms with Crippen LogP contribution in [0.1, 0.15) is 6.92 Å². The summed E-state index contributed by atoms with van der Waals surface area (Å²) in [4.78, 5) is 3.62. The molecule has 0 amide bonds. The number of rotatable bonds is 4. The second kappa shape index (κ2) is 6.53. The van der Waals surface area contributed by atoms with Crippen LogP contribution in [0.4, 0.5) is 5.82 Å². The maximum atomic E-state index is 12.2. The van der Waals surface area contributed by atoms with Crippen molar-refractivity contribution in [1.29, 1.82) is 0 Å². The molecule has 1 heterocycles. The number of hydrogen-bond donors (Lipinski definition) is 2. The Morgan fingerprint density at radius 1 is 1.56 bits per heavy atom. The molecule has 0 fully saturated rings. The molecule has 1 aromatic heterocycles. The van der Waals surface area contributed by atoms with Gasteiger partial charge in [-0.2, -0.15) is 4.31 Å². The fourth-order valence-electron chi connectivity index (χ4n) is 1.18. The van der Waals surface area contributed by atoms with Crippen molar-refractivity contribution in [3.05, 3.63) is 17.3 Å². The smallest absolute Gasteiger partial charge is 0.246 e. The molecule has 9 heteroatoms. The normalized spacial score (nSPS) is 13.2. The molecule has 0 radical (unpaired) electrons. The van der Waals surface area contributed by atoms with Crippen LogP contribution in [0.25, 0.3) is 0 Å². The second-order valence-corrected chi connectivity index (χ2v) is 6.05. The van der Waals surface area contributed by atoms with Gasteiger partial charge in [-0.05, 0) is 13.0 Å². The van der Waals surface area contributed by atoms with Gasteiger partial charge in [-0.15, -0.1) is 12.4 Å². The molecule has 18 heavy (non-hydrogen) atoms. The highest BCUT2D eigenvalue weighted by atomic mass is 35.5. The maximum absolute atomic E-state index is 12.2. The Morgan fingerprint density at radius 3 is 2.61 bits per heavy atom. The molecule has 1 aromatic rings. The Morgan fingerprint density at radius 2 is 2.11 bits per heavy atom. The average Bonchev–Trinajstić information content (AvgIpc) is 2.30. The number of anilines is 1. The van der Waals surface area contributed by atoms with Gasteiger partial charge in [0, 0.05) is 25.8 Å². The molecule has 6 nitrogen and oxygen atoms in total. The van der Waals surface area contributed by atoms with Crippen LogP contribution in [0, 0.1) is 0 Å². The number of halogens is 2. The molecule has 0 aliphatic heterocycles. The van der Waals surface area contributed by atoms with E-state index in [-0.39, 0.29) is 40.7 Å². The summed E-state index contributed by atoms with van der Waals surface area (Å²) in [7, 11) is -2.28. The number of aromatic nitrogens is 1. The minimum absolute atomic E-state index is 0. The topological polar surface area (TPSA) is 102 Å². The third-order valence-corrected chi connectivity index (χ3v) is 4.67. The Hall–Kier alpha value is -0.600. The van der Waals surface area contributed by atoms with Gasteiger partial charge < -0.3 is 11.5 Å². The molecule has 0 saturated carbocycles. The zero-order chi connectivity index (χ0) is 13.2. The standard InChI is InChI=1S/C9H15ClN4O2S.ClH/c1-6(4-11)14(2)17(15,16)8-3-7(10)5-13-9(8)12;/h3,5-6H,4,11H2,1-2H3,(H2,12,13);1H. The highest BCUT2D eigenvalue weighted by Crippen LogP contribution is 2.23. The van der Waals surface area contributed by atoms with Gasteiger partial charge in [0.15, 0.2) is 0 Å². The fourth-order valence-corrected chi connectivity index (χ4v) is 2.86. The van der Waals surface area contributed by atoms with E-state index in [0.717, 1.165) is 4.31 Å². The molecule has 1 unspecified atom stereocenters. The summed E-state index contributed by atoms with van der Waals surface area (Å²) >= 11 is 5.72. The Balaban J connectivity index is 0.00000289. The number of nitrogens with zero attached hydrogens (tertiary/aromatic N) is 2. The van der Waals surface area contributed by atoms with Crippen molar-refractivity contribution < 1.29 is 8.42 Å². The molecular formula is C9H16Cl2N4O2S. The summed E-state index contributed by atoms with van der Waals surface area (Å²) < 4.78 is 25.5. The van der Waals surface area contributed by atoms with E-state index in [1.807, 2.05) is 0 Å². The zero-order valence-electron chi connectivity index (χ0n) is 10.00. The minimum Gasteiger partial charge on any atom is -0.383 e. The van der Waals surface area contributed by atoms with Crippen LogP contribution in [0.5, 0.6) is 0 Å². The minimum atomic E-state index is -3.72. The lowest BCUT2D eigenvalue weighted by Gasteiger charge is -2.23. The van der Waals surface area contributed by atoms with Crippen molar-refractivity contribution in [1.82, 2.24) is 9.29 Å². The highest BCUT2D eigenvalue weighted by Gasteiger charge is 2.27. The summed E-state index contributed by atoms with van der Waals surface area (Å²) in [5.41, 5.74) is 11.0. The van der Waals surface area contributed by atoms with E-state index >= 15 is 0 Å². The lowest BCUT2D eigenvalue weighted by molar-refractivity contribution is 0.394. The first-order valence-electron chi connectivity index (χ1n) is 4.89. The second-order valence-electron chi connectivity index (χ2n) is 3.64. The summed E-state index contributed by atoms with van der Waals surface area (Å²) in [6, 6.07) is 0.942. The molecule has 0 saturated heterocycles. The van der Waals surface area contributed by atoms with Gasteiger partial charge in [0.2, 0.25) is 10.0 Å². The van der Waals surface area contributed by atoms with E-state index in [1.54, 1.807) is 6.92 Å². The van der Waals surface area contributed by atoms with Gasteiger partial charge in [0.1, 0.15) is 10.7 Å². The van der Waals surface area contributed by atoms with Gasteiger partial charge >= 0.3 is 0 Å². The summed E-state index contributed by atoms with van der Waals surface area (Å²) in [6.07, 6.45) is 1.29. The van der Waals surface area contributed by atoms with Gasteiger partial charge in [-0.3, -0.25) is 0 Å². The SMILES string of the molecule is CC(CN)N(C)S(=O)(=O)c1cc(Cl)cnc1N.Cl. The number of pyridine rings is 1. The van der Waals surface area contributed by atoms with Crippen molar-refractivity contribution in [2.45, 2.75) is 17.9 Å². The first-order valence-corrected chi connectivity index (χ1v) is 6.71. The third kappa shape index (κ3) is 3.46. The molecule has 1 rings (SSSR count). The fraction of sp³-hybridized carbons (Fsp3) is 0.444. The van der Waals surface area contributed by atoms with Crippen LogP contribution in [-0.4, -0.2) is 37.3 Å². The van der Waals surface area contributed by atoms with Gasteiger partial charge in [0.05, 0.1) is 5.02 Å². The Kier molecular flexibility index (Phi) is 6.32. The number of likely N-dealkylation sites (N-methyl/N-ethyl adjacent to an activating group) is 1. The Bertz CT molecular complexity index is 509. The monoisotopic (exact) mass is 314 g/mol. The molecule has 0 aromatic carbocycles. The predicted molar refractivity (Wildman–Crippen MR) is 74.4 cm³/mol. The van der Waals surface area contributed by atoms with E-state index < -0.39 is 10.0 Å². The van der Waals surface area contributed by atoms with Crippen LogP contribution in [-0.2, 0) is 10.0 Å². The zero-order valence-corrected chi connectivity index (χ0v) is 12.4. The average molecular weight is 315 g/mol. The largest absolute Gasteiger partial charge is 0.383 e. The van der Waals surface area contributed by atoms with Crippen molar-refractivity contribution in [3.63, 3.8) is 0 Å². The third-order valence-electron chi connectivity index (χ3n) is 2.47. The van der Waals surface area contributed by atoms with Crippen molar-refractivity contribution in [2.24, 2.45) is 5.73 Å². The molecule has 1 atom stereocenters. The van der Waals surface area contributed by atoms with Crippen LogP contribution >= 0.6 is 24.0 Å². The van der Waals surface area contributed by atoms with E-state index in [2.05, 4.69) is 4.98 Å². The lowest BCUT2D eigenvalue weighted by atomic mass is 10.4. The number of sulfonamides is 1. The molecule has 0 spiro atoms. The molecule has 4 N–H and O–H groups in total. The van der Waals surface area contributed by atoms with Crippen molar-refractivity contribution >= 4 is 39.8 Å². The predicted octanol–water partition coefficient (Wildman–Crippen LogP) is 0.707. The number of hydrogen-bond acceptors (Lipinski definition) is 5. The van der Waals surface area contributed by atoms with E-state index in [4.69, 9.17) is 23.1 Å². The van der Waals surface area contributed by atoms with E-state index in [0.29, 0.717) is 0 Å². The van der Waals surface area contributed by atoms with Gasteiger partial charge in [-0.1, -0.05) is 11.6 Å². The maximum Gasteiger partial charge on any atom is 0.246 e. The molecular weight excluding hydrogens is 299 g/mol. The van der Waals surface area contributed by atoms with Crippen LogP contribution in [0.15, 0.2) is 17.2 Å². The first-order chi connectivity index (χ1) is 7.80. The molecule has 104 valence electrons. The molecule has 0 bridgehead atoms. The summed E-state index contributed by atoms with van der Waals surface area (Å²) in [5, 5.41) is 0.214. The van der Waals surface area contributed by atoms with Crippen LogP contribution in [0.3, 0.4) is 0 Å².